The highest BCUT2D eigenvalue weighted by Crippen LogP contribution is 2.17. The number of nitrogens with one attached hydrogen (secondary N) is 4. The number of anilines is 1. The van der Waals surface area contributed by atoms with E-state index in [0.717, 1.165) is 37.9 Å². The number of quaternary nitrogens is 1. The fraction of sp³-hybridized carbons (Fsp3) is 0.364. The number of aromatic amines is 2. The van der Waals surface area contributed by atoms with E-state index in [4.69, 9.17) is 0 Å². The summed E-state index contributed by atoms with van der Waals surface area (Å²) in [6, 6.07) is 16.0. The molecule has 28 heavy (non-hydrogen) atoms. The second-order valence-corrected chi connectivity index (χ2v) is 7.84. The molecule has 1 amide bonds. The van der Waals surface area contributed by atoms with Crippen LogP contribution in [-0.2, 0) is 11.2 Å². The molecule has 0 saturated carbocycles. The van der Waals surface area contributed by atoms with Gasteiger partial charge in [0.15, 0.2) is 6.04 Å². The number of amides is 1. The van der Waals surface area contributed by atoms with Crippen LogP contribution < -0.4 is 15.9 Å². The van der Waals surface area contributed by atoms with Gasteiger partial charge in [0.2, 0.25) is 0 Å². The molecule has 0 bridgehead atoms. The first-order valence-electron chi connectivity index (χ1n) is 10.00. The summed E-state index contributed by atoms with van der Waals surface area (Å²) in [7, 11) is 0. The largest absolute Gasteiger partial charge is 0.325 e. The molecule has 1 aliphatic rings. The Balaban J connectivity index is 1.32. The molecule has 1 atom stereocenters. The molecule has 0 spiro atoms. The number of hydrogen-bond donors (Lipinski definition) is 4. The second-order valence-electron chi connectivity index (χ2n) is 7.84. The third kappa shape index (κ3) is 4.17. The Bertz CT molecular complexity index is 1000. The number of rotatable bonds is 5. The molecule has 0 aliphatic carbocycles. The third-order valence-corrected chi connectivity index (χ3v) is 5.90. The lowest BCUT2D eigenvalue weighted by atomic mass is 9.89. The highest BCUT2D eigenvalue weighted by Gasteiger charge is 2.30. The van der Waals surface area contributed by atoms with Crippen LogP contribution in [0.5, 0.6) is 0 Å². The molecule has 0 radical (unpaired) electrons. The zero-order chi connectivity index (χ0) is 19.5. The number of piperidine rings is 1. The van der Waals surface area contributed by atoms with E-state index in [-0.39, 0.29) is 17.6 Å². The maximum Gasteiger partial charge on any atom is 0.323 e. The van der Waals surface area contributed by atoms with Crippen LogP contribution in [0.4, 0.5) is 5.69 Å². The van der Waals surface area contributed by atoms with Gasteiger partial charge in [0.05, 0.1) is 24.1 Å². The Labute approximate surface area is 164 Å². The van der Waals surface area contributed by atoms with Crippen molar-refractivity contribution in [2.45, 2.75) is 32.2 Å². The van der Waals surface area contributed by atoms with Gasteiger partial charge in [0, 0.05) is 5.69 Å². The van der Waals surface area contributed by atoms with Crippen molar-refractivity contribution in [3.63, 3.8) is 0 Å². The number of H-pyrrole nitrogens is 2. The molecule has 1 fully saturated rings. The quantitative estimate of drug-likeness (QED) is 0.544. The lowest BCUT2D eigenvalue weighted by molar-refractivity contribution is -0.919. The van der Waals surface area contributed by atoms with E-state index < -0.39 is 0 Å². The SMILES string of the molecule is C[C@H](C(=O)Nc1ccc2[nH]c(=O)[nH]c2c1)[NH+]1CCC(Cc2ccccc2)CC1. The summed E-state index contributed by atoms with van der Waals surface area (Å²) in [6.07, 6.45) is 3.43. The summed E-state index contributed by atoms with van der Waals surface area (Å²) in [5.41, 5.74) is 3.30. The summed E-state index contributed by atoms with van der Waals surface area (Å²) in [5, 5.41) is 3.00. The van der Waals surface area contributed by atoms with Crippen molar-refractivity contribution < 1.29 is 9.69 Å². The van der Waals surface area contributed by atoms with Crippen molar-refractivity contribution >= 4 is 22.6 Å². The molecule has 4 rings (SSSR count). The summed E-state index contributed by atoms with van der Waals surface area (Å²) in [6.45, 7) is 4.05. The van der Waals surface area contributed by atoms with Crippen LogP contribution in [0.25, 0.3) is 11.0 Å². The van der Waals surface area contributed by atoms with Gasteiger partial charge < -0.3 is 20.2 Å². The van der Waals surface area contributed by atoms with Crippen LogP contribution in [0.3, 0.4) is 0 Å². The average molecular weight is 379 g/mol. The summed E-state index contributed by atoms with van der Waals surface area (Å²) in [4.78, 5) is 30.9. The normalized spacial score (nSPS) is 20.8. The lowest BCUT2D eigenvalue weighted by Crippen LogP contribution is -3.17. The van der Waals surface area contributed by atoms with E-state index in [1.165, 1.54) is 10.5 Å². The molecular formula is C22H27N4O2+. The van der Waals surface area contributed by atoms with E-state index in [0.29, 0.717) is 17.1 Å². The van der Waals surface area contributed by atoms with E-state index in [2.05, 4.69) is 45.6 Å². The average Bonchev–Trinajstić information content (AvgIpc) is 3.08. The van der Waals surface area contributed by atoms with Gasteiger partial charge in [-0.25, -0.2) is 4.79 Å². The number of carbonyl (C=O) groups excluding carboxylic acids is 1. The number of imidazole rings is 1. The first-order valence-corrected chi connectivity index (χ1v) is 10.00. The summed E-state index contributed by atoms with van der Waals surface area (Å²) in [5.74, 6) is 0.725. The van der Waals surface area contributed by atoms with E-state index >= 15 is 0 Å². The first kappa shape index (κ1) is 18.5. The summed E-state index contributed by atoms with van der Waals surface area (Å²) >= 11 is 0. The second kappa shape index (κ2) is 8.02. The number of likely N-dealkylation sites (tertiary alicyclic amines) is 1. The smallest absolute Gasteiger partial charge is 0.323 e. The molecule has 2 heterocycles. The van der Waals surface area contributed by atoms with Crippen LogP contribution in [0.1, 0.15) is 25.3 Å². The Morgan fingerprint density at radius 2 is 1.82 bits per heavy atom. The van der Waals surface area contributed by atoms with E-state index in [1.54, 1.807) is 12.1 Å². The predicted octanol–water partition coefficient (Wildman–Crippen LogP) is 1.72. The number of carbonyl (C=O) groups is 1. The maximum absolute atomic E-state index is 12.7. The van der Waals surface area contributed by atoms with Crippen LogP contribution in [0.15, 0.2) is 53.3 Å². The van der Waals surface area contributed by atoms with Gasteiger partial charge in [-0.1, -0.05) is 30.3 Å². The minimum Gasteiger partial charge on any atom is -0.325 e. The number of hydrogen-bond acceptors (Lipinski definition) is 2. The fourth-order valence-corrected chi connectivity index (χ4v) is 4.18. The highest BCUT2D eigenvalue weighted by molar-refractivity contribution is 5.95. The molecule has 6 nitrogen and oxygen atoms in total. The molecule has 1 saturated heterocycles. The minimum absolute atomic E-state index is 0.0220. The monoisotopic (exact) mass is 379 g/mol. The van der Waals surface area contributed by atoms with Crippen LogP contribution in [-0.4, -0.2) is 35.0 Å². The molecule has 2 aromatic carbocycles. The predicted molar refractivity (Wildman–Crippen MR) is 111 cm³/mol. The molecule has 1 aromatic heterocycles. The lowest BCUT2D eigenvalue weighted by Gasteiger charge is -2.32. The van der Waals surface area contributed by atoms with Crippen molar-refractivity contribution in [1.82, 2.24) is 9.97 Å². The van der Waals surface area contributed by atoms with Crippen LogP contribution >= 0.6 is 0 Å². The molecule has 0 unspecified atom stereocenters. The van der Waals surface area contributed by atoms with Crippen molar-refractivity contribution in [3.05, 3.63) is 64.6 Å². The number of fused-ring (bicyclic) bond motifs is 1. The fourth-order valence-electron chi connectivity index (χ4n) is 4.18. The Kier molecular flexibility index (Phi) is 5.30. The van der Waals surface area contributed by atoms with E-state index in [1.807, 2.05) is 13.0 Å². The topological polar surface area (TPSA) is 82.2 Å². The Hall–Kier alpha value is -2.86. The number of benzene rings is 2. The molecule has 6 heteroatoms. The van der Waals surface area contributed by atoms with Crippen molar-refractivity contribution in [3.8, 4) is 0 Å². The standard InChI is InChI=1S/C22H26N4O2/c1-15(21(27)23-18-7-8-19-20(14-18)25-22(28)24-19)26-11-9-17(10-12-26)13-16-5-3-2-4-6-16/h2-8,14-15,17H,9-13H2,1H3,(H,23,27)(H2,24,25,28)/p+1/t15-/m1/s1. The number of aromatic nitrogens is 2. The third-order valence-electron chi connectivity index (χ3n) is 5.90. The van der Waals surface area contributed by atoms with Gasteiger partial charge in [0.1, 0.15) is 0 Å². The molecule has 3 aromatic rings. The van der Waals surface area contributed by atoms with Crippen molar-refractivity contribution in [1.29, 1.82) is 0 Å². The van der Waals surface area contributed by atoms with Gasteiger partial charge >= 0.3 is 5.69 Å². The van der Waals surface area contributed by atoms with Gasteiger partial charge in [0.25, 0.3) is 5.91 Å². The van der Waals surface area contributed by atoms with E-state index in [9.17, 15) is 9.59 Å². The maximum atomic E-state index is 12.7. The minimum atomic E-state index is -0.241. The van der Waals surface area contributed by atoms with Gasteiger partial charge in [-0.3, -0.25) is 4.79 Å². The van der Waals surface area contributed by atoms with Gasteiger partial charge in [-0.05, 0) is 55.9 Å². The van der Waals surface area contributed by atoms with Crippen molar-refractivity contribution in [2.75, 3.05) is 18.4 Å². The molecule has 146 valence electrons. The zero-order valence-electron chi connectivity index (χ0n) is 16.1. The zero-order valence-corrected chi connectivity index (χ0v) is 16.1. The molecule has 1 aliphatic heterocycles. The van der Waals surface area contributed by atoms with Gasteiger partial charge in [-0.15, -0.1) is 0 Å². The Morgan fingerprint density at radius 1 is 1.11 bits per heavy atom. The van der Waals surface area contributed by atoms with Crippen molar-refractivity contribution in [2.24, 2.45) is 5.92 Å². The van der Waals surface area contributed by atoms with Crippen LogP contribution in [0, 0.1) is 5.92 Å². The first-order chi connectivity index (χ1) is 13.6. The Morgan fingerprint density at radius 3 is 2.57 bits per heavy atom. The molecule has 4 N–H and O–H groups in total. The van der Waals surface area contributed by atoms with Crippen LogP contribution in [0.2, 0.25) is 0 Å². The molecular weight excluding hydrogens is 352 g/mol. The summed E-state index contributed by atoms with van der Waals surface area (Å²) < 4.78 is 0. The highest BCUT2D eigenvalue weighted by atomic mass is 16.2. The van der Waals surface area contributed by atoms with Gasteiger partial charge in [-0.2, -0.15) is 0 Å².